The lowest BCUT2D eigenvalue weighted by Crippen LogP contribution is -2.48. The number of sulfonamides is 1. The fourth-order valence-corrected chi connectivity index (χ4v) is 6.14. The first-order valence-corrected chi connectivity index (χ1v) is 16.8. The number of carbonyl (C=O) groups is 2. The van der Waals surface area contributed by atoms with Crippen molar-refractivity contribution in [3.63, 3.8) is 0 Å². The highest BCUT2D eigenvalue weighted by Gasteiger charge is 2.32. The Hall–Kier alpha value is -3.36. The maximum absolute atomic E-state index is 14.2. The van der Waals surface area contributed by atoms with Crippen molar-refractivity contribution in [3.8, 4) is 5.75 Å². The number of rotatable bonds is 9. The van der Waals surface area contributed by atoms with E-state index in [4.69, 9.17) is 9.47 Å². The van der Waals surface area contributed by atoms with Gasteiger partial charge in [0.25, 0.3) is 15.9 Å². The number of anilines is 1. The van der Waals surface area contributed by atoms with E-state index in [-0.39, 0.29) is 47.7 Å². The molecule has 2 aromatic carbocycles. The van der Waals surface area contributed by atoms with Crippen molar-refractivity contribution in [1.82, 2.24) is 9.80 Å². The van der Waals surface area contributed by atoms with E-state index in [9.17, 15) is 36.3 Å². The third-order valence-electron chi connectivity index (χ3n) is 7.86. The summed E-state index contributed by atoms with van der Waals surface area (Å²) in [7, 11) is -2.54. The van der Waals surface area contributed by atoms with Gasteiger partial charge in [-0.25, -0.2) is 8.42 Å². The fraction of sp³-hybridized carbons (Fsp3) is 0.562. The molecule has 0 aromatic heterocycles. The molecule has 2 aromatic rings. The highest BCUT2D eigenvalue weighted by Crippen LogP contribution is 2.30. The predicted octanol–water partition coefficient (Wildman–Crippen LogP) is 5.08. The average molecular weight is 672 g/mol. The van der Waals surface area contributed by atoms with Gasteiger partial charge in [-0.1, -0.05) is 25.1 Å². The Balaban J connectivity index is 1.95. The van der Waals surface area contributed by atoms with Crippen LogP contribution in [0.25, 0.3) is 0 Å². The molecule has 2 amide bonds. The van der Waals surface area contributed by atoms with E-state index in [0.717, 1.165) is 0 Å². The number of hydrogen-bond donors (Lipinski definition) is 2. The number of hydrogen-bond acceptors (Lipinski definition) is 7. The molecule has 0 spiro atoms. The van der Waals surface area contributed by atoms with Crippen molar-refractivity contribution in [2.45, 2.75) is 82.2 Å². The van der Waals surface area contributed by atoms with Crippen LogP contribution in [-0.2, 0) is 19.6 Å². The second-order valence-corrected chi connectivity index (χ2v) is 13.5. The molecule has 14 heteroatoms. The minimum atomic E-state index is -4.45. The molecular formula is C32H44F3N3O7S. The molecule has 46 heavy (non-hydrogen) atoms. The number of aliphatic hydroxyl groups excluding tert-OH is 1. The lowest BCUT2D eigenvalue weighted by atomic mass is 10.0. The monoisotopic (exact) mass is 671 g/mol. The van der Waals surface area contributed by atoms with Gasteiger partial charge in [-0.05, 0) is 63.4 Å². The van der Waals surface area contributed by atoms with Gasteiger partial charge in [-0.3, -0.25) is 14.3 Å². The molecule has 0 saturated heterocycles. The molecule has 0 aliphatic carbocycles. The van der Waals surface area contributed by atoms with Gasteiger partial charge in [0, 0.05) is 44.8 Å². The molecule has 10 nitrogen and oxygen atoms in total. The highest BCUT2D eigenvalue weighted by atomic mass is 32.2. The van der Waals surface area contributed by atoms with Crippen LogP contribution in [-0.4, -0.2) is 92.9 Å². The van der Waals surface area contributed by atoms with Gasteiger partial charge in [-0.2, -0.15) is 13.2 Å². The first kappa shape index (κ1) is 37.1. The molecule has 0 radical (unpaired) electrons. The molecule has 0 fully saturated rings. The smallest absolute Gasteiger partial charge is 0.389 e. The largest absolute Gasteiger partial charge is 0.490 e. The van der Waals surface area contributed by atoms with Crippen molar-refractivity contribution in [1.29, 1.82) is 0 Å². The van der Waals surface area contributed by atoms with Crippen LogP contribution in [0, 0.1) is 5.92 Å². The van der Waals surface area contributed by atoms with Crippen molar-refractivity contribution in [2.24, 2.45) is 5.92 Å². The number of ether oxygens (including phenoxy) is 2. The van der Waals surface area contributed by atoms with E-state index in [0.29, 0.717) is 25.9 Å². The first-order valence-electron chi connectivity index (χ1n) is 15.3. The van der Waals surface area contributed by atoms with Crippen LogP contribution in [0.5, 0.6) is 5.75 Å². The van der Waals surface area contributed by atoms with Gasteiger partial charge in [-0.15, -0.1) is 0 Å². The SMILES string of the molecule is C[C@@H]1CCCCO[C@H](CN(C)C(=O)CCC(F)(F)F)[C@@H](C)CN([C@H](C)CO)C(=O)c2cc(NS(=O)(=O)c3ccccc3)ccc2O1. The van der Waals surface area contributed by atoms with Crippen molar-refractivity contribution in [3.05, 3.63) is 54.1 Å². The number of carbonyl (C=O) groups excluding carboxylic acids is 2. The molecule has 0 unspecified atom stereocenters. The van der Waals surface area contributed by atoms with E-state index in [1.54, 1.807) is 32.0 Å². The van der Waals surface area contributed by atoms with Crippen LogP contribution in [0.2, 0.25) is 0 Å². The van der Waals surface area contributed by atoms with Gasteiger partial charge < -0.3 is 24.4 Å². The normalized spacial score (nSPS) is 21.0. The molecule has 3 rings (SSSR count). The van der Waals surface area contributed by atoms with Crippen LogP contribution >= 0.6 is 0 Å². The predicted molar refractivity (Wildman–Crippen MR) is 167 cm³/mol. The summed E-state index contributed by atoms with van der Waals surface area (Å²) in [5, 5.41) is 10.1. The third kappa shape index (κ3) is 10.9. The molecule has 256 valence electrons. The Labute approximate surface area is 268 Å². The maximum atomic E-state index is 14.2. The summed E-state index contributed by atoms with van der Waals surface area (Å²) in [6, 6.07) is 11.6. The first-order chi connectivity index (χ1) is 21.6. The number of aliphatic hydroxyl groups is 1. The van der Waals surface area contributed by atoms with Crippen LogP contribution in [0.3, 0.4) is 0 Å². The number of alkyl halides is 3. The number of fused-ring (bicyclic) bond motifs is 1. The molecule has 1 heterocycles. The van der Waals surface area contributed by atoms with Gasteiger partial charge >= 0.3 is 6.18 Å². The summed E-state index contributed by atoms with van der Waals surface area (Å²) in [5.74, 6) is -1.36. The number of likely N-dealkylation sites (N-methyl/N-ethyl adjacent to an activating group) is 1. The van der Waals surface area contributed by atoms with Gasteiger partial charge in [0.15, 0.2) is 0 Å². The Morgan fingerprint density at radius 2 is 1.85 bits per heavy atom. The Morgan fingerprint density at radius 1 is 1.15 bits per heavy atom. The Morgan fingerprint density at radius 3 is 2.50 bits per heavy atom. The van der Waals surface area contributed by atoms with Crippen molar-refractivity contribution >= 4 is 27.5 Å². The summed E-state index contributed by atoms with van der Waals surface area (Å²) in [6.45, 7) is 5.33. The second kappa shape index (κ2) is 16.5. The van der Waals surface area contributed by atoms with Gasteiger partial charge in [0.2, 0.25) is 5.91 Å². The van der Waals surface area contributed by atoms with E-state index in [1.807, 2.05) is 6.92 Å². The Kier molecular flexibility index (Phi) is 13.3. The lowest BCUT2D eigenvalue weighted by Gasteiger charge is -2.36. The van der Waals surface area contributed by atoms with Crippen LogP contribution in [0.15, 0.2) is 53.4 Å². The maximum Gasteiger partial charge on any atom is 0.389 e. The summed E-state index contributed by atoms with van der Waals surface area (Å²) in [6.07, 6.45) is -5.30. The number of amides is 2. The van der Waals surface area contributed by atoms with E-state index in [2.05, 4.69) is 4.72 Å². The van der Waals surface area contributed by atoms with Crippen LogP contribution < -0.4 is 9.46 Å². The molecular weight excluding hydrogens is 627 g/mol. The second-order valence-electron chi connectivity index (χ2n) is 11.8. The summed E-state index contributed by atoms with van der Waals surface area (Å²) in [4.78, 5) is 29.4. The molecule has 2 N–H and O–H groups in total. The summed E-state index contributed by atoms with van der Waals surface area (Å²) >= 11 is 0. The zero-order valence-electron chi connectivity index (χ0n) is 26.6. The van der Waals surface area contributed by atoms with Crippen molar-refractivity contribution < 1.29 is 45.8 Å². The van der Waals surface area contributed by atoms with Crippen LogP contribution in [0.1, 0.15) is 63.2 Å². The number of benzene rings is 2. The zero-order chi connectivity index (χ0) is 34.1. The molecule has 0 saturated carbocycles. The van der Waals surface area contributed by atoms with Crippen molar-refractivity contribution in [2.75, 3.05) is 38.1 Å². The van der Waals surface area contributed by atoms with E-state index >= 15 is 0 Å². The van der Waals surface area contributed by atoms with Crippen LogP contribution in [0.4, 0.5) is 18.9 Å². The van der Waals surface area contributed by atoms with E-state index < -0.39 is 58.9 Å². The molecule has 4 atom stereocenters. The van der Waals surface area contributed by atoms with Gasteiger partial charge in [0.05, 0.1) is 41.7 Å². The topological polar surface area (TPSA) is 125 Å². The third-order valence-corrected chi connectivity index (χ3v) is 9.26. The molecule has 1 aliphatic rings. The summed E-state index contributed by atoms with van der Waals surface area (Å²) < 4.78 is 79.1. The minimum Gasteiger partial charge on any atom is -0.490 e. The zero-order valence-corrected chi connectivity index (χ0v) is 27.4. The fourth-order valence-electron chi connectivity index (χ4n) is 5.07. The number of halogens is 3. The highest BCUT2D eigenvalue weighted by molar-refractivity contribution is 7.92. The quantitative estimate of drug-likeness (QED) is 0.381. The summed E-state index contributed by atoms with van der Waals surface area (Å²) in [5.41, 5.74) is 0.222. The van der Waals surface area contributed by atoms with Gasteiger partial charge in [0.1, 0.15) is 5.75 Å². The molecule has 1 aliphatic heterocycles. The average Bonchev–Trinajstić information content (AvgIpc) is 3.01. The minimum absolute atomic E-state index is 0.00884. The number of nitrogens with zero attached hydrogens (tertiary/aromatic N) is 2. The Bertz CT molecular complexity index is 1410. The number of nitrogens with one attached hydrogen (secondary N) is 1. The lowest BCUT2D eigenvalue weighted by molar-refractivity contribution is -0.149. The standard InChI is InChI=1S/C32H44F3N3O7S/c1-22-19-38(23(2)21-39)31(41)27-18-25(36-46(42,43)26-11-6-5-7-12-26)13-14-28(27)45-24(3)10-8-9-17-44-29(22)20-37(4)30(40)15-16-32(33,34)35/h5-7,11-14,18,22-24,29,36,39H,8-10,15-17,19-21H2,1-4H3/t22-,23+,24+,29+/m0/s1. The van der Waals surface area contributed by atoms with E-state index in [1.165, 1.54) is 47.2 Å². The molecule has 0 bridgehead atoms.